The Labute approximate surface area is 76.3 Å². The molecule has 0 rings (SSSR count). The number of rotatable bonds is 5. The average molecular weight is 212 g/mol. The van der Waals surface area contributed by atoms with Crippen LogP contribution < -0.4 is 0 Å². The molecule has 0 spiro atoms. The van der Waals surface area contributed by atoms with Crippen LogP contribution >= 0.6 is 0 Å². The minimum absolute atomic E-state index is 0.0470. The van der Waals surface area contributed by atoms with E-state index in [1.54, 1.807) is 0 Å². The molecule has 2 unspecified atom stereocenters. The zero-order chi connectivity index (χ0) is 10.6. The standard InChI is InChI=1S/C6H12O6S/c1-3-5(7)13(10,11)12-4(2)6(8)9/h4-5,7H,3H2,1-2H3,(H,8,9). The van der Waals surface area contributed by atoms with Gasteiger partial charge in [-0.05, 0) is 13.3 Å². The number of aliphatic hydroxyl groups is 1. The number of aliphatic hydroxyl groups excluding tert-OH is 1. The third-order valence-electron chi connectivity index (χ3n) is 1.31. The van der Waals surface area contributed by atoms with Crippen LogP contribution in [0.3, 0.4) is 0 Å². The van der Waals surface area contributed by atoms with Gasteiger partial charge < -0.3 is 10.2 Å². The molecular formula is C6H12O6S. The van der Waals surface area contributed by atoms with Gasteiger partial charge in [0.15, 0.2) is 11.5 Å². The second-order valence-electron chi connectivity index (χ2n) is 2.43. The lowest BCUT2D eigenvalue weighted by molar-refractivity contribution is -0.144. The molecule has 0 radical (unpaired) electrons. The molecule has 0 aliphatic carbocycles. The summed E-state index contributed by atoms with van der Waals surface area (Å²) >= 11 is 0. The van der Waals surface area contributed by atoms with Gasteiger partial charge in [-0.1, -0.05) is 6.92 Å². The van der Waals surface area contributed by atoms with Gasteiger partial charge >= 0.3 is 5.97 Å². The maximum absolute atomic E-state index is 10.9. The highest BCUT2D eigenvalue weighted by atomic mass is 32.2. The highest BCUT2D eigenvalue weighted by Gasteiger charge is 2.27. The Morgan fingerprint density at radius 3 is 2.31 bits per heavy atom. The summed E-state index contributed by atoms with van der Waals surface area (Å²) in [6.07, 6.45) is -1.53. The van der Waals surface area contributed by atoms with E-state index in [0.29, 0.717) is 0 Å². The second kappa shape index (κ2) is 4.54. The fourth-order valence-electron chi connectivity index (χ4n) is 0.511. The number of hydrogen-bond acceptors (Lipinski definition) is 5. The molecule has 13 heavy (non-hydrogen) atoms. The van der Waals surface area contributed by atoms with Gasteiger partial charge in [0.1, 0.15) is 0 Å². The van der Waals surface area contributed by atoms with E-state index in [4.69, 9.17) is 10.2 Å². The maximum Gasteiger partial charge on any atom is 0.334 e. The third-order valence-corrected chi connectivity index (χ3v) is 2.87. The van der Waals surface area contributed by atoms with E-state index in [9.17, 15) is 13.2 Å². The highest BCUT2D eigenvalue weighted by Crippen LogP contribution is 2.08. The van der Waals surface area contributed by atoms with Gasteiger partial charge in [-0.2, -0.15) is 8.42 Å². The second-order valence-corrected chi connectivity index (χ2v) is 4.15. The Kier molecular flexibility index (Phi) is 4.31. The molecule has 0 heterocycles. The summed E-state index contributed by atoms with van der Waals surface area (Å²) in [5.41, 5.74) is -1.67. The van der Waals surface area contributed by atoms with Crippen molar-refractivity contribution in [2.75, 3.05) is 0 Å². The predicted molar refractivity (Wildman–Crippen MR) is 43.4 cm³/mol. The first-order valence-electron chi connectivity index (χ1n) is 3.64. The zero-order valence-corrected chi connectivity index (χ0v) is 8.11. The summed E-state index contributed by atoms with van der Waals surface area (Å²) in [6.45, 7) is 2.51. The van der Waals surface area contributed by atoms with Crippen molar-refractivity contribution in [3.63, 3.8) is 0 Å². The fraction of sp³-hybridized carbons (Fsp3) is 0.833. The van der Waals surface area contributed by atoms with Gasteiger partial charge in [0.2, 0.25) is 0 Å². The number of carbonyl (C=O) groups is 1. The topological polar surface area (TPSA) is 101 Å². The summed E-state index contributed by atoms with van der Waals surface area (Å²) in [6, 6.07) is 0. The van der Waals surface area contributed by atoms with Gasteiger partial charge in [0.05, 0.1) is 0 Å². The molecule has 0 saturated carbocycles. The zero-order valence-electron chi connectivity index (χ0n) is 7.30. The van der Waals surface area contributed by atoms with Crippen LogP contribution in [0.15, 0.2) is 0 Å². The molecule has 2 N–H and O–H groups in total. The first-order chi connectivity index (χ1) is 5.81. The molecule has 0 aromatic rings. The lowest BCUT2D eigenvalue weighted by Crippen LogP contribution is -2.30. The molecule has 0 aliphatic heterocycles. The third kappa shape index (κ3) is 3.71. The van der Waals surface area contributed by atoms with Crippen molar-refractivity contribution in [2.24, 2.45) is 0 Å². The van der Waals surface area contributed by atoms with Crippen molar-refractivity contribution >= 4 is 16.1 Å². The van der Waals surface area contributed by atoms with Crippen molar-refractivity contribution in [1.82, 2.24) is 0 Å². The number of aliphatic carboxylic acids is 1. The van der Waals surface area contributed by atoms with Crippen molar-refractivity contribution in [3.8, 4) is 0 Å². The summed E-state index contributed by atoms with van der Waals surface area (Å²) in [7, 11) is -4.18. The summed E-state index contributed by atoms with van der Waals surface area (Å²) < 4.78 is 26.1. The molecule has 6 nitrogen and oxygen atoms in total. The van der Waals surface area contributed by atoms with Crippen LogP contribution in [0.2, 0.25) is 0 Å². The lowest BCUT2D eigenvalue weighted by Gasteiger charge is -2.12. The van der Waals surface area contributed by atoms with Crippen molar-refractivity contribution in [2.45, 2.75) is 31.8 Å². The molecular weight excluding hydrogens is 200 g/mol. The minimum Gasteiger partial charge on any atom is -0.479 e. The van der Waals surface area contributed by atoms with Crippen LogP contribution in [0.1, 0.15) is 20.3 Å². The molecule has 0 amide bonds. The summed E-state index contributed by atoms with van der Waals surface area (Å²) in [5, 5.41) is 17.2. The number of carboxylic acid groups (broad SMARTS) is 1. The summed E-state index contributed by atoms with van der Waals surface area (Å²) in [5.74, 6) is -1.40. The Hall–Kier alpha value is -0.660. The highest BCUT2D eigenvalue weighted by molar-refractivity contribution is 7.87. The molecule has 0 bridgehead atoms. The fourth-order valence-corrected chi connectivity index (χ4v) is 1.53. The molecule has 2 atom stereocenters. The first kappa shape index (κ1) is 12.3. The van der Waals surface area contributed by atoms with Crippen LogP contribution in [0.5, 0.6) is 0 Å². The van der Waals surface area contributed by atoms with E-state index in [-0.39, 0.29) is 6.42 Å². The molecule has 78 valence electrons. The average Bonchev–Trinajstić information content (AvgIpc) is 2.01. The molecule has 0 aliphatic rings. The predicted octanol–water partition coefficient (Wildman–Crippen LogP) is -0.466. The molecule has 0 fully saturated rings. The van der Waals surface area contributed by atoms with Crippen LogP contribution in [0.25, 0.3) is 0 Å². The van der Waals surface area contributed by atoms with Crippen molar-refractivity contribution < 1.29 is 27.6 Å². The van der Waals surface area contributed by atoms with Crippen molar-refractivity contribution in [3.05, 3.63) is 0 Å². The van der Waals surface area contributed by atoms with E-state index < -0.39 is 27.6 Å². The monoisotopic (exact) mass is 212 g/mol. The van der Waals surface area contributed by atoms with E-state index in [2.05, 4.69) is 4.18 Å². The SMILES string of the molecule is CCC(O)S(=O)(=O)OC(C)C(=O)O. The normalized spacial score (nSPS) is 16.5. The van der Waals surface area contributed by atoms with Crippen LogP contribution in [-0.4, -0.2) is 36.1 Å². The van der Waals surface area contributed by atoms with E-state index in [0.717, 1.165) is 6.92 Å². The van der Waals surface area contributed by atoms with Gasteiger partial charge in [0, 0.05) is 0 Å². The number of carboxylic acids is 1. The smallest absolute Gasteiger partial charge is 0.334 e. The van der Waals surface area contributed by atoms with E-state index in [1.807, 2.05) is 0 Å². The largest absolute Gasteiger partial charge is 0.479 e. The van der Waals surface area contributed by atoms with Gasteiger partial charge in [-0.25, -0.2) is 4.79 Å². The van der Waals surface area contributed by atoms with E-state index >= 15 is 0 Å². The quantitative estimate of drug-likeness (QED) is 0.598. The Balaban J connectivity index is 4.43. The van der Waals surface area contributed by atoms with Crippen LogP contribution in [0.4, 0.5) is 0 Å². The van der Waals surface area contributed by atoms with Gasteiger partial charge in [-0.3, -0.25) is 4.18 Å². The van der Waals surface area contributed by atoms with E-state index in [1.165, 1.54) is 6.92 Å². The summed E-state index contributed by atoms with van der Waals surface area (Å²) in [4.78, 5) is 10.2. The van der Waals surface area contributed by atoms with Gasteiger partial charge in [-0.15, -0.1) is 0 Å². The molecule has 0 saturated heterocycles. The minimum atomic E-state index is -4.18. The van der Waals surface area contributed by atoms with Crippen LogP contribution in [-0.2, 0) is 19.1 Å². The molecule has 0 aromatic carbocycles. The van der Waals surface area contributed by atoms with Gasteiger partial charge in [0.25, 0.3) is 10.1 Å². The Morgan fingerprint density at radius 2 is 2.00 bits per heavy atom. The maximum atomic E-state index is 10.9. The number of hydrogen-bond donors (Lipinski definition) is 2. The lowest BCUT2D eigenvalue weighted by atomic mass is 10.4. The Bertz CT molecular complexity index is 269. The molecule has 7 heteroatoms. The first-order valence-corrected chi connectivity index (χ1v) is 5.11. The van der Waals surface area contributed by atoms with Crippen LogP contribution in [0, 0.1) is 0 Å². The Morgan fingerprint density at radius 1 is 1.54 bits per heavy atom. The molecule has 0 aromatic heterocycles. The van der Waals surface area contributed by atoms with Crippen molar-refractivity contribution in [1.29, 1.82) is 0 Å².